The number of hydrogen-bond donors (Lipinski definition) is 1. The van der Waals surface area contributed by atoms with Crippen molar-refractivity contribution in [2.45, 2.75) is 86.2 Å². The van der Waals surface area contributed by atoms with Crippen molar-refractivity contribution >= 4 is 0 Å². The third-order valence-corrected chi connectivity index (χ3v) is 2.87. The summed E-state index contributed by atoms with van der Waals surface area (Å²) in [6.45, 7) is 17.2. The van der Waals surface area contributed by atoms with Crippen LogP contribution in [0.25, 0.3) is 0 Å². The first-order chi connectivity index (χ1) is 8.33. The Balaban J connectivity index is -0.000000256. The molecule has 0 aliphatic rings. The predicted molar refractivity (Wildman–Crippen MR) is 83.6 cm³/mol. The van der Waals surface area contributed by atoms with Crippen LogP contribution in [0.1, 0.15) is 80.1 Å². The molecule has 0 aliphatic heterocycles. The van der Waals surface area contributed by atoms with E-state index in [2.05, 4.69) is 48.5 Å². The third-order valence-electron chi connectivity index (χ3n) is 2.87. The van der Waals surface area contributed by atoms with Crippen molar-refractivity contribution in [2.75, 3.05) is 0 Å². The third kappa shape index (κ3) is 24.0. The average Bonchev–Trinajstić information content (AvgIpc) is 2.16. The van der Waals surface area contributed by atoms with E-state index in [9.17, 15) is 5.11 Å². The van der Waals surface area contributed by atoms with Crippen molar-refractivity contribution < 1.29 is 24.6 Å². The minimum atomic E-state index is -0.0602. The van der Waals surface area contributed by atoms with Gasteiger partial charge >= 0.3 is 0 Å². The van der Waals surface area contributed by atoms with E-state index < -0.39 is 0 Å². The zero-order chi connectivity index (χ0) is 14.6. The molecule has 0 aromatic heterocycles. The normalized spacial score (nSPS) is 13.6. The molecule has 0 rings (SSSR count). The van der Waals surface area contributed by atoms with E-state index in [0.29, 0.717) is 11.8 Å². The number of rotatable bonds is 8. The summed E-state index contributed by atoms with van der Waals surface area (Å²) in [6, 6.07) is 0. The monoisotopic (exact) mass is 360 g/mol. The van der Waals surface area contributed by atoms with Crippen LogP contribution in [-0.2, 0) is 19.5 Å². The molecule has 2 unspecified atom stereocenters. The minimum Gasteiger partial charge on any atom is -0.393 e. The van der Waals surface area contributed by atoms with Crippen molar-refractivity contribution in [2.24, 2.45) is 17.8 Å². The molecule has 1 N–H and O–H groups in total. The van der Waals surface area contributed by atoms with Gasteiger partial charge in [0.2, 0.25) is 0 Å². The molecule has 1 radical (unpaired) electrons. The van der Waals surface area contributed by atoms with Crippen molar-refractivity contribution in [3.63, 3.8) is 0 Å². The zero-order valence-electron chi connectivity index (χ0n) is 14.0. The second kappa shape index (κ2) is 16.6. The molecular formula is C17H37ORh-. The fraction of sp³-hybridized carbons (Fsp3) is 0.941. The summed E-state index contributed by atoms with van der Waals surface area (Å²) in [5, 5.41) is 9.22. The Labute approximate surface area is 135 Å². The van der Waals surface area contributed by atoms with E-state index in [1.165, 1.54) is 19.3 Å². The van der Waals surface area contributed by atoms with Gasteiger partial charge in [-0.05, 0) is 24.7 Å². The number of hydrogen-bond acceptors (Lipinski definition) is 1. The molecule has 0 fully saturated rings. The molecular weight excluding hydrogens is 323 g/mol. The van der Waals surface area contributed by atoms with E-state index in [-0.39, 0.29) is 25.6 Å². The summed E-state index contributed by atoms with van der Waals surface area (Å²) in [7, 11) is 0. The fourth-order valence-electron chi connectivity index (χ4n) is 2.19. The van der Waals surface area contributed by atoms with Gasteiger partial charge in [0.1, 0.15) is 0 Å². The maximum atomic E-state index is 9.22. The summed E-state index contributed by atoms with van der Waals surface area (Å²) < 4.78 is 0. The van der Waals surface area contributed by atoms with Crippen LogP contribution in [0.5, 0.6) is 0 Å². The Morgan fingerprint density at radius 1 is 0.842 bits per heavy atom. The van der Waals surface area contributed by atoms with Gasteiger partial charge in [-0.25, -0.2) is 0 Å². The second-order valence-electron chi connectivity index (χ2n) is 6.36. The van der Waals surface area contributed by atoms with Gasteiger partial charge < -0.3 is 12.0 Å². The molecule has 2 atom stereocenters. The molecule has 0 spiro atoms. The van der Waals surface area contributed by atoms with Crippen molar-refractivity contribution in [3.05, 3.63) is 6.92 Å². The van der Waals surface area contributed by atoms with Gasteiger partial charge in [0.05, 0.1) is 6.10 Å². The molecule has 0 saturated carbocycles. The smallest absolute Gasteiger partial charge is 0.0542 e. The Bertz CT molecular complexity index is 139. The SMILES string of the molecule is CCCC(O)CC(C)C.[CH2-]C(CCC)CC(C)C.[Rh]. The summed E-state index contributed by atoms with van der Waals surface area (Å²) in [5.41, 5.74) is 0. The maximum absolute atomic E-state index is 9.22. The zero-order valence-corrected chi connectivity index (χ0v) is 15.7. The van der Waals surface area contributed by atoms with Crippen LogP contribution in [0.15, 0.2) is 0 Å². The fourth-order valence-corrected chi connectivity index (χ4v) is 2.19. The molecule has 0 amide bonds. The molecule has 0 aliphatic carbocycles. The summed E-state index contributed by atoms with van der Waals surface area (Å²) in [6.07, 6.45) is 6.79. The van der Waals surface area contributed by atoms with Crippen LogP contribution < -0.4 is 0 Å². The number of aliphatic hydroxyl groups is 1. The van der Waals surface area contributed by atoms with Gasteiger partial charge in [0.15, 0.2) is 0 Å². The van der Waals surface area contributed by atoms with Crippen LogP contribution in [-0.4, -0.2) is 11.2 Å². The average molecular weight is 360 g/mol. The van der Waals surface area contributed by atoms with Gasteiger partial charge in [0.25, 0.3) is 0 Å². The van der Waals surface area contributed by atoms with Crippen molar-refractivity contribution in [1.82, 2.24) is 0 Å². The van der Waals surface area contributed by atoms with Gasteiger partial charge in [-0.15, -0.1) is 0 Å². The Kier molecular flexibility index (Phi) is 21.5. The topological polar surface area (TPSA) is 20.2 Å². The van der Waals surface area contributed by atoms with Crippen LogP contribution >= 0.6 is 0 Å². The predicted octanol–water partition coefficient (Wildman–Crippen LogP) is 5.47. The standard InChI is InChI=1S/C9H19.C8H18O.Rh/c1-5-6-9(4)7-8(2)3;1-4-5-8(9)6-7(2)3;/h8-9H,4-7H2,1-3H3;7-9H,4-6H2,1-3H3;/q-1;;. The first-order valence-corrected chi connectivity index (χ1v) is 7.84. The maximum Gasteiger partial charge on any atom is 0.0542 e. The van der Waals surface area contributed by atoms with Gasteiger partial charge in [0, 0.05) is 19.5 Å². The first-order valence-electron chi connectivity index (χ1n) is 7.84. The molecule has 19 heavy (non-hydrogen) atoms. The molecule has 1 nitrogen and oxygen atoms in total. The molecule has 0 saturated heterocycles. The number of aliphatic hydroxyl groups excluding tert-OH is 1. The van der Waals surface area contributed by atoms with Crippen LogP contribution in [0.3, 0.4) is 0 Å². The van der Waals surface area contributed by atoms with E-state index >= 15 is 0 Å². The van der Waals surface area contributed by atoms with Crippen molar-refractivity contribution in [1.29, 1.82) is 0 Å². The Hall–Kier alpha value is 0.583. The largest absolute Gasteiger partial charge is 0.393 e. The summed E-state index contributed by atoms with van der Waals surface area (Å²) in [4.78, 5) is 0. The van der Waals surface area contributed by atoms with E-state index in [1.807, 2.05) is 0 Å². The molecule has 0 aromatic rings. The molecule has 0 bridgehead atoms. The van der Waals surface area contributed by atoms with Crippen LogP contribution in [0.4, 0.5) is 0 Å². The first kappa shape index (κ1) is 24.6. The van der Waals surface area contributed by atoms with Gasteiger partial charge in [-0.1, -0.05) is 67.2 Å². The van der Waals surface area contributed by atoms with Gasteiger partial charge in [-0.3, -0.25) is 0 Å². The van der Waals surface area contributed by atoms with E-state index in [0.717, 1.165) is 25.2 Å². The summed E-state index contributed by atoms with van der Waals surface area (Å²) in [5.74, 6) is 2.14. The van der Waals surface area contributed by atoms with Crippen molar-refractivity contribution in [3.8, 4) is 0 Å². The second-order valence-corrected chi connectivity index (χ2v) is 6.36. The molecule has 121 valence electrons. The molecule has 2 heteroatoms. The van der Waals surface area contributed by atoms with Gasteiger partial charge in [-0.2, -0.15) is 5.92 Å². The Morgan fingerprint density at radius 2 is 1.26 bits per heavy atom. The van der Waals surface area contributed by atoms with E-state index in [1.54, 1.807) is 0 Å². The minimum absolute atomic E-state index is 0. The molecule has 0 heterocycles. The quantitative estimate of drug-likeness (QED) is 0.449. The van der Waals surface area contributed by atoms with E-state index in [4.69, 9.17) is 0 Å². The van der Waals surface area contributed by atoms with Crippen LogP contribution in [0, 0.1) is 24.7 Å². The van der Waals surface area contributed by atoms with Crippen LogP contribution in [0.2, 0.25) is 0 Å². The summed E-state index contributed by atoms with van der Waals surface area (Å²) >= 11 is 0. The Morgan fingerprint density at radius 3 is 1.58 bits per heavy atom. The molecule has 0 aromatic carbocycles.